The fraction of sp³-hybridized carbons (Fsp3) is 0.176. The second-order valence-electron chi connectivity index (χ2n) is 4.72. The predicted molar refractivity (Wildman–Crippen MR) is 76.9 cm³/mol. The van der Waals surface area contributed by atoms with E-state index >= 15 is 0 Å². The van der Waals surface area contributed by atoms with Crippen molar-refractivity contribution in [1.82, 2.24) is 0 Å². The molecule has 0 atom stereocenters. The summed E-state index contributed by atoms with van der Waals surface area (Å²) in [5.74, 6) is 0.939. The Bertz CT molecular complexity index is 662. The van der Waals surface area contributed by atoms with Crippen molar-refractivity contribution in [1.29, 1.82) is 0 Å². The first-order chi connectivity index (χ1) is 8.79. The molecule has 1 nitrogen and oxygen atoms in total. The van der Waals surface area contributed by atoms with Gasteiger partial charge in [0.2, 0.25) is 0 Å². The number of fused-ring (bicyclic) bond motifs is 1. The van der Waals surface area contributed by atoms with Crippen molar-refractivity contribution in [2.24, 2.45) is 0 Å². The van der Waals surface area contributed by atoms with Gasteiger partial charge < -0.3 is 4.74 Å². The van der Waals surface area contributed by atoms with Crippen LogP contribution in [0.4, 0.5) is 0 Å². The first-order valence-electron chi connectivity index (χ1n) is 6.23. The summed E-state index contributed by atoms with van der Waals surface area (Å²) >= 11 is 0. The van der Waals surface area contributed by atoms with Crippen molar-refractivity contribution in [2.45, 2.75) is 13.3 Å². The highest BCUT2D eigenvalue weighted by molar-refractivity contribution is 5.99. The molecule has 2 aromatic rings. The molecule has 2 aromatic carbocycles. The van der Waals surface area contributed by atoms with E-state index in [1.165, 1.54) is 27.5 Å². The first kappa shape index (κ1) is 11.1. The van der Waals surface area contributed by atoms with E-state index in [1.54, 1.807) is 7.11 Å². The van der Waals surface area contributed by atoms with Gasteiger partial charge in [-0.3, -0.25) is 0 Å². The van der Waals surface area contributed by atoms with E-state index in [1.807, 2.05) is 0 Å². The zero-order valence-corrected chi connectivity index (χ0v) is 10.7. The van der Waals surface area contributed by atoms with Crippen LogP contribution in [0.2, 0.25) is 0 Å². The molecular formula is C17H16O. The van der Waals surface area contributed by atoms with Gasteiger partial charge in [0.05, 0.1) is 7.11 Å². The largest absolute Gasteiger partial charge is 0.496 e. The number of hydrogen-bond donors (Lipinski definition) is 0. The van der Waals surface area contributed by atoms with Crippen molar-refractivity contribution in [3.63, 3.8) is 0 Å². The Hall–Kier alpha value is -2.02. The molecule has 0 saturated carbocycles. The lowest BCUT2D eigenvalue weighted by Gasteiger charge is -2.10. The number of rotatable bonds is 2. The van der Waals surface area contributed by atoms with Gasteiger partial charge in [-0.1, -0.05) is 48.1 Å². The lowest BCUT2D eigenvalue weighted by molar-refractivity contribution is 0.420. The molecule has 1 heteroatoms. The zero-order valence-electron chi connectivity index (χ0n) is 10.7. The van der Waals surface area contributed by atoms with Crippen molar-refractivity contribution in [3.8, 4) is 5.75 Å². The van der Waals surface area contributed by atoms with Gasteiger partial charge in [0.1, 0.15) is 5.75 Å². The highest BCUT2D eigenvalue weighted by Crippen LogP contribution is 2.35. The molecule has 0 aromatic heterocycles. The van der Waals surface area contributed by atoms with Crippen LogP contribution in [0.5, 0.6) is 5.75 Å². The van der Waals surface area contributed by atoms with Gasteiger partial charge in [0, 0.05) is 5.39 Å². The first-order valence-corrected chi connectivity index (χ1v) is 6.23. The third-order valence-corrected chi connectivity index (χ3v) is 3.46. The monoisotopic (exact) mass is 236 g/mol. The average Bonchev–Trinajstić information content (AvgIpc) is 2.84. The Labute approximate surface area is 107 Å². The summed E-state index contributed by atoms with van der Waals surface area (Å²) in [5.41, 5.74) is 4.04. The Morgan fingerprint density at radius 3 is 2.44 bits per heavy atom. The molecule has 0 bridgehead atoms. The van der Waals surface area contributed by atoms with Crippen LogP contribution < -0.4 is 4.74 Å². The molecule has 0 spiro atoms. The van der Waals surface area contributed by atoms with E-state index in [9.17, 15) is 0 Å². The average molecular weight is 236 g/mol. The van der Waals surface area contributed by atoms with Crippen LogP contribution in [0, 0.1) is 0 Å². The quantitative estimate of drug-likeness (QED) is 0.741. The van der Waals surface area contributed by atoms with Crippen LogP contribution in [-0.2, 0) is 0 Å². The standard InChI is InChI=1S/C17H16O/c1-12-7-8-13(11-12)14-9-10-17(18-2)16-6-4-3-5-15(14)16/h3-6,8-11H,7H2,1-2H3. The van der Waals surface area contributed by atoms with E-state index in [4.69, 9.17) is 4.74 Å². The highest BCUT2D eigenvalue weighted by Gasteiger charge is 2.11. The second-order valence-corrected chi connectivity index (χ2v) is 4.72. The summed E-state index contributed by atoms with van der Waals surface area (Å²) < 4.78 is 5.43. The molecule has 1 aliphatic rings. The number of methoxy groups -OCH3 is 1. The maximum absolute atomic E-state index is 5.43. The van der Waals surface area contributed by atoms with Gasteiger partial charge in [0.15, 0.2) is 0 Å². The Kier molecular flexibility index (Phi) is 2.67. The van der Waals surface area contributed by atoms with E-state index < -0.39 is 0 Å². The van der Waals surface area contributed by atoms with Crippen molar-refractivity contribution < 1.29 is 4.74 Å². The summed E-state index contributed by atoms with van der Waals surface area (Å²) in [7, 11) is 1.72. The van der Waals surface area contributed by atoms with Gasteiger partial charge in [-0.05, 0) is 35.9 Å². The van der Waals surface area contributed by atoms with Gasteiger partial charge in [-0.2, -0.15) is 0 Å². The van der Waals surface area contributed by atoms with Gasteiger partial charge in [0.25, 0.3) is 0 Å². The van der Waals surface area contributed by atoms with Crippen LogP contribution in [0.1, 0.15) is 18.9 Å². The molecule has 0 unspecified atom stereocenters. The molecule has 0 amide bonds. The van der Waals surface area contributed by atoms with Gasteiger partial charge in [-0.25, -0.2) is 0 Å². The molecule has 0 radical (unpaired) electrons. The van der Waals surface area contributed by atoms with Gasteiger partial charge in [-0.15, -0.1) is 0 Å². The minimum absolute atomic E-state index is 0.939. The van der Waals surface area contributed by atoms with E-state index in [0.29, 0.717) is 0 Å². The smallest absolute Gasteiger partial charge is 0.126 e. The summed E-state index contributed by atoms with van der Waals surface area (Å²) in [5, 5.41) is 2.44. The summed E-state index contributed by atoms with van der Waals surface area (Å²) in [6.45, 7) is 2.18. The SMILES string of the molecule is COc1ccc(C2=CCC(C)=C2)c2ccccc12. The van der Waals surface area contributed by atoms with Crippen molar-refractivity contribution >= 4 is 16.3 Å². The summed E-state index contributed by atoms with van der Waals surface area (Å²) in [6.07, 6.45) is 5.63. The number of allylic oxidation sites excluding steroid dienone is 4. The van der Waals surface area contributed by atoms with E-state index in [-0.39, 0.29) is 0 Å². The van der Waals surface area contributed by atoms with Crippen molar-refractivity contribution in [2.75, 3.05) is 7.11 Å². The van der Waals surface area contributed by atoms with Gasteiger partial charge >= 0.3 is 0 Å². The molecule has 0 saturated heterocycles. The van der Waals surface area contributed by atoms with Crippen molar-refractivity contribution in [3.05, 3.63) is 59.7 Å². The minimum Gasteiger partial charge on any atom is -0.496 e. The van der Waals surface area contributed by atoms with Crippen LogP contribution in [0.25, 0.3) is 16.3 Å². The maximum atomic E-state index is 5.43. The van der Waals surface area contributed by atoms with Crippen LogP contribution >= 0.6 is 0 Å². The van der Waals surface area contributed by atoms with Crippen LogP contribution in [0.3, 0.4) is 0 Å². The lowest BCUT2D eigenvalue weighted by Crippen LogP contribution is -1.88. The van der Waals surface area contributed by atoms with E-state index in [0.717, 1.165) is 12.2 Å². The van der Waals surface area contributed by atoms with Crippen LogP contribution in [0.15, 0.2) is 54.1 Å². The Morgan fingerprint density at radius 2 is 1.78 bits per heavy atom. The molecule has 0 heterocycles. The molecule has 0 N–H and O–H groups in total. The highest BCUT2D eigenvalue weighted by atomic mass is 16.5. The molecule has 0 aliphatic heterocycles. The maximum Gasteiger partial charge on any atom is 0.126 e. The molecule has 90 valence electrons. The minimum atomic E-state index is 0.939. The summed E-state index contributed by atoms with van der Waals surface area (Å²) in [6, 6.07) is 12.6. The molecule has 0 fully saturated rings. The predicted octanol–water partition coefficient (Wildman–Crippen LogP) is 4.58. The zero-order chi connectivity index (χ0) is 12.5. The fourth-order valence-corrected chi connectivity index (χ4v) is 2.54. The fourth-order valence-electron chi connectivity index (χ4n) is 2.54. The number of hydrogen-bond acceptors (Lipinski definition) is 1. The summed E-state index contributed by atoms with van der Waals surface area (Å²) in [4.78, 5) is 0. The number of ether oxygens (including phenoxy) is 1. The molecular weight excluding hydrogens is 220 g/mol. The van der Waals surface area contributed by atoms with E-state index in [2.05, 4.69) is 55.5 Å². The topological polar surface area (TPSA) is 9.23 Å². The number of benzene rings is 2. The third-order valence-electron chi connectivity index (χ3n) is 3.46. The Balaban J connectivity index is 2.26. The third kappa shape index (κ3) is 1.72. The lowest BCUT2D eigenvalue weighted by atomic mass is 9.98. The molecule has 3 rings (SSSR count). The second kappa shape index (κ2) is 4.34. The molecule has 18 heavy (non-hydrogen) atoms. The Morgan fingerprint density at radius 1 is 1.00 bits per heavy atom. The normalized spacial score (nSPS) is 14.6. The molecule has 1 aliphatic carbocycles. The van der Waals surface area contributed by atoms with Crippen LogP contribution in [-0.4, -0.2) is 7.11 Å².